The molecule has 1 N–H and O–H groups in total. The van der Waals surface area contributed by atoms with Gasteiger partial charge in [0.2, 0.25) is 5.89 Å². The van der Waals surface area contributed by atoms with Crippen molar-refractivity contribution in [1.82, 2.24) is 10.2 Å². The van der Waals surface area contributed by atoms with Crippen LogP contribution in [-0.2, 0) is 6.42 Å². The lowest BCUT2D eigenvalue weighted by molar-refractivity contribution is 0.102. The molecule has 2 aromatic carbocycles. The van der Waals surface area contributed by atoms with Crippen molar-refractivity contribution >= 4 is 11.9 Å². The van der Waals surface area contributed by atoms with E-state index in [0.29, 0.717) is 28.9 Å². The molecule has 7 nitrogen and oxygen atoms in total. The van der Waals surface area contributed by atoms with Crippen LogP contribution < -0.4 is 14.8 Å². The first-order valence-electron chi connectivity index (χ1n) is 9.86. The summed E-state index contributed by atoms with van der Waals surface area (Å²) in [5, 5.41) is 10.7. The summed E-state index contributed by atoms with van der Waals surface area (Å²) in [5.41, 5.74) is 2.76. The maximum atomic E-state index is 12.5. The van der Waals surface area contributed by atoms with Crippen molar-refractivity contribution in [1.29, 1.82) is 0 Å². The molecule has 0 saturated heterocycles. The first kappa shape index (κ1) is 21.4. The van der Waals surface area contributed by atoms with Gasteiger partial charge in [-0.25, -0.2) is 0 Å². The number of methoxy groups -OCH3 is 2. The molecule has 1 heterocycles. The highest BCUT2D eigenvalue weighted by Crippen LogP contribution is 2.28. The van der Waals surface area contributed by atoms with Crippen LogP contribution in [-0.4, -0.2) is 30.3 Å². The average molecular weight is 409 g/mol. The minimum absolute atomic E-state index is 0.0491. The molecular weight excluding hydrogens is 382 g/mol. The predicted octanol–water partition coefficient (Wildman–Crippen LogP) is 4.69. The maximum Gasteiger partial charge on any atom is 0.322 e. The number of benzene rings is 2. The molecule has 158 valence electrons. The molecule has 0 radical (unpaired) electrons. The summed E-state index contributed by atoms with van der Waals surface area (Å²) in [4.78, 5) is 12.5. The molecule has 3 aromatic rings. The summed E-state index contributed by atoms with van der Waals surface area (Å²) in [6, 6.07) is 13.3. The summed E-state index contributed by atoms with van der Waals surface area (Å²) in [6.45, 7) is 6.39. The molecule has 0 aliphatic rings. The highest BCUT2D eigenvalue weighted by molar-refractivity contribution is 6.03. The van der Waals surface area contributed by atoms with Crippen molar-refractivity contribution in [2.75, 3.05) is 19.5 Å². The molecule has 1 aromatic heterocycles. The minimum Gasteiger partial charge on any atom is -0.493 e. The van der Waals surface area contributed by atoms with Crippen LogP contribution in [0.15, 0.2) is 46.9 Å². The lowest BCUT2D eigenvalue weighted by Crippen LogP contribution is -2.12. The molecule has 0 bridgehead atoms. The number of carbonyl (C=O) groups is 1. The number of anilines is 1. The second-order valence-electron chi connectivity index (χ2n) is 7.53. The van der Waals surface area contributed by atoms with Crippen LogP contribution in [0.5, 0.6) is 11.5 Å². The number of nitrogens with one attached hydrogen (secondary N) is 1. The minimum atomic E-state index is -0.378. The summed E-state index contributed by atoms with van der Waals surface area (Å²) in [6.07, 6.45) is 1.04. The van der Waals surface area contributed by atoms with E-state index in [1.165, 1.54) is 19.8 Å². The first-order valence-corrected chi connectivity index (χ1v) is 9.86. The molecule has 30 heavy (non-hydrogen) atoms. The maximum absolute atomic E-state index is 12.5. The van der Waals surface area contributed by atoms with E-state index in [9.17, 15) is 4.79 Å². The fraction of sp³-hybridized carbons (Fsp3) is 0.348. The highest BCUT2D eigenvalue weighted by Gasteiger charge is 2.18. The second kappa shape index (κ2) is 9.43. The van der Waals surface area contributed by atoms with E-state index < -0.39 is 0 Å². The van der Waals surface area contributed by atoms with Crippen molar-refractivity contribution in [3.8, 4) is 11.5 Å². The van der Waals surface area contributed by atoms with Crippen LogP contribution in [0.4, 0.5) is 6.01 Å². The molecule has 1 atom stereocenters. The van der Waals surface area contributed by atoms with Gasteiger partial charge in [0, 0.05) is 5.56 Å². The van der Waals surface area contributed by atoms with Gasteiger partial charge in [-0.15, -0.1) is 5.10 Å². The van der Waals surface area contributed by atoms with E-state index >= 15 is 0 Å². The molecule has 1 unspecified atom stereocenters. The molecule has 3 rings (SSSR count). The Morgan fingerprint density at radius 3 is 2.33 bits per heavy atom. The molecule has 0 saturated carbocycles. The van der Waals surface area contributed by atoms with E-state index in [2.05, 4.69) is 53.6 Å². The Balaban J connectivity index is 1.69. The predicted molar refractivity (Wildman–Crippen MR) is 114 cm³/mol. The van der Waals surface area contributed by atoms with E-state index in [4.69, 9.17) is 13.9 Å². The third kappa shape index (κ3) is 4.97. The monoisotopic (exact) mass is 409 g/mol. The van der Waals surface area contributed by atoms with Crippen molar-refractivity contribution in [3.05, 3.63) is 65.0 Å². The van der Waals surface area contributed by atoms with Gasteiger partial charge in [-0.3, -0.25) is 10.1 Å². The largest absolute Gasteiger partial charge is 0.493 e. The first-order chi connectivity index (χ1) is 14.4. The number of hydrogen-bond acceptors (Lipinski definition) is 6. The van der Waals surface area contributed by atoms with Gasteiger partial charge in [0.1, 0.15) is 0 Å². The Bertz CT molecular complexity index is 996. The highest BCUT2D eigenvalue weighted by atomic mass is 16.5. The fourth-order valence-electron chi connectivity index (χ4n) is 3.16. The molecule has 0 fully saturated rings. The van der Waals surface area contributed by atoms with Gasteiger partial charge in [-0.05, 0) is 48.6 Å². The van der Waals surface area contributed by atoms with Crippen LogP contribution in [0.1, 0.15) is 54.1 Å². The summed E-state index contributed by atoms with van der Waals surface area (Å²) >= 11 is 0. The van der Waals surface area contributed by atoms with Gasteiger partial charge in [0.15, 0.2) is 11.5 Å². The van der Waals surface area contributed by atoms with E-state index in [0.717, 1.165) is 12.0 Å². The van der Waals surface area contributed by atoms with Crippen LogP contribution in [0.3, 0.4) is 0 Å². The molecule has 0 spiro atoms. The lowest BCUT2D eigenvalue weighted by atomic mass is 9.97. The third-order valence-corrected chi connectivity index (χ3v) is 4.80. The number of carbonyl (C=O) groups excluding carboxylic acids is 1. The van der Waals surface area contributed by atoms with Crippen molar-refractivity contribution in [2.24, 2.45) is 5.92 Å². The summed E-state index contributed by atoms with van der Waals surface area (Å²) in [7, 11) is 3.05. The molecular formula is C23H27N3O4. The second-order valence-corrected chi connectivity index (χ2v) is 7.53. The molecule has 7 heteroatoms. The number of aromatic nitrogens is 2. The van der Waals surface area contributed by atoms with Gasteiger partial charge in [-0.2, -0.15) is 0 Å². The zero-order valence-corrected chi connectivity index (χ0v) is 17.9. The van der Waals surface area contributed by atoms with Crippen molar-refractivity contribution < 1.29 is 18.7 Å². The van der Waals surface area contributed by atoms with Crippen LogP contribution >= 0.6 is 0 Å². The summed E-state index contributed by atoms with van der Waals surface area (Å²) in [5.74, 6) is 1.60. The quantitative estimate of drug-likeness (QED) is 0.581. The lowest BCUT2D eigenvalue weighted by Gasteiger charge is -2.10. The number of hydrogen-bond donors (Lipinski definition) is 1. The van der Waals surface area contributed by atoms with E-state index in [1.54, 1.807) is 18.2 Å². The number of nitrogens with zero attached hydrogens (tertiary/aromatic N) is 2. The van der Waals surface area contributed by atoms with Gasteiger partial charge >= 0.3 is 6.01 Å². The van der Waals surface area contributed by atoms with Crippen LogP contribution in [0.2, 0.25) is 0 Å². The fourth-order valence-corrected chi connectivity index (χ4v) is 3.16. The molecule has 1 amide bonds. The topological polar surface area (TPSA) is 86.5 Å². The van der Waals surface area contributed by atoms with Crippen LogP contribution in [0, 0.1) is 5.92 Å². The Morgan fingerprint density at radius 2 is 1.70 bits per heavy atom. The van der Waals surface area contributed by atoms with E-state index in [-0.39, 0.29) is 17.8 Å². The number of ether oxygens (including phenoxy) is 2. The van der Waals surface area contributed by atoms with Gasteiger partial charge in [0.05, 0.1) is 20.1 Å². The third-order valence-electron chi connectivity index (χ3n) is 4.80. The Kier molecular flexibility index (Phi) is 6.72. The van der Waals surface area contributed by atoms with Crippen molar-refractivity contribution in [3.63, 3.8) is 0 Å². The van der Waals surface area contributed by atoms with Gasteiger partial charge in [-0.1, -0.05) is 43.2 Å². The Morgan fingerprint density at radius 1 is 1.00 bits per heavy atom. The Hall–Kier alpha value is -3.35. The Labute approximate surface area is 176 Å². The SMILES string of the molecule is COc1ccc(C(=O)Nc2nnc(C(C)c3ccc(CC(C)C)cc3)o2)cc1OC. The average Bonchev–Trinajstić information content (AvgIpc) is 3.21. The normalized spacial score (nSPS) is 11.9. The summed E-state index contributed by atoms with van der Waals surface area (Å²) < 4.78 is 16.1. The standard InChI is InChI=1S/C23H27N3O4/c1-14(2)12-16-6-8-17(9-7-16)15(3)22-25-26-23(30-22)24-21(27)18-10-11-19(28-4)20(13-18)29-5/h6-11,13-15H,12H2,1-5H3,(H,24,26,27). The zero-order valence-electron chi connectivity index (χ0n) is 17.9. The zero-order chi connectivity index (χ0) is 21.7. The van der Waals surface area contributed by atoms with Crippen LogP contribution in [0.25, 0.3) is 0 Å². The number of rotatable bonds is 8. The van der Waals surface area contributed by atoms with E-state index in [1.807, 2.05) is 6.92 Å². The van der Waals surface area contributed by atoms with Gasteiger partial charge < -0.3 is 13.9 Å². The smallest absolute Gasteiger partial charge is 0.322 e. The van der Waals surface area contributed by atoms with Crippen molar-refractivity contribution in [2.45, 2.75) is 33.1 Å². The number of amides is 1. The molecule has 0 aliphatic heterocycles. The molecule has 0 aliphatic carbocycles. The van der Waals surface area contributed by atoms with Gasteiger partial charge in [0.25, 0.3) is 5.91 Å².